The Balaban J connectivity index is 1.35. The summed E-state index contributed by atoms with van der Waals surface area (Å²) in [4.78, 5) is 3.81. The van der Waals surface area contributed by atoms with E-state index in [1.54, 1.807) is 0 Å². The Kier molecular flexibility index (Phi) is 4.69. The molecule has 0 atom stereocenters. The van der Waals surface area contributed by atoms with Crippen LogP contribution in [-0.2, 0) is 0 Å². The van der Waals surface area contributed by atoms with Crippen LogP contribution in [0.25, 0.3) is 82.8 Å². The summed E-state index contributed by atoms with van der Waals surface area (Å²) in [5.41, 5.74) is 13.1. The van der Waals surface area contributed by atoms with Gasteiger partial charge in [0, 0.05) is 56.3 Å². The first-order valence-corrected chi connectivity index (χ1v) is 15.0. The molecule has 0 saturated heterocycles. The summed E-state index contributed by atoms with van der Waals surface area (Å²) in [6, 6.07) is 50.1. The molecule has 0 fully saturated rings. The van der Waals surface area contributed by atoms with Gasteiger partial charge in [-0.15, -0.1) is 0 Å². The van der Waals surface area contributed by atoms with Crippen molar-refractivity contribution < 1.29 is 0 Å². The van der Waals surface area contributed by atoms with Gasteiger partial charge in [0.1, 0.15) is 0 Å². The van der Waals surface area contributed by atoms with E-state index in [1.165, 1.54) is 66.1 Å². The molecule has 10 aromatic rings. The molecular weight excluding hydrogens is 536 g/mol. The second-order valence-corrected chi connectivity index (χ2v) is 11.5. The van der Waals surface area contributed by atoms with Gasteiger partial charge >= 0.3 is 0 Å². The number of rotatable bonds is 3. The molecule has 10 rings (SSSR count). The summed E-state index contributed by atoms with van der Waals surface area (Å²) in [6.45, 7) is 0. The van der Waals surface area contributed by atoms with Crippen LogP contribution in [0.2, 0.25) is 0 Å². The minimum absolute atomic E-state index is 1.14. The van der Waals surface area contributed by atoms with Crippen LogP contribution in [0.3, 0.4) is 0 Å². The molecule has 6 heterocycles. The normalized spacial score (nSPS) is 12.1. The van der Waals surface area contributed by atoms with Crippen LogP contribution in [0.5, 0.6) is 0 Å². The van der Waals surface area contributed by atoms with E-state index in [2.05, 4.69) is 170 Å². The lowest BCUT2D eigenvalue weighted by Gasteiger charge is -2.11. The molecular formula is C40H26N4. The largest absolute Gasteiger partial charge is 0.353 e. The van der Waals surface area contributed by atoms with Gasteiger partial charge in [-0.2, -0.15) is 0 Å². The number of pyridine rings is 2. The van der Waals surface area contributed by atoms with Gasteiger partial charge in [-0.3, -0.25) is 0 Å². The molecule has 0 spiro atoms. The van der Waals surface area contributed by atoms with Crippen LogP contribution in [0, 0.1) is 0 Å². The predicted molar refractivity (Wildman–Crippen MR) is 183 cm³/mol. The summed E-state index contributed by atoms with van der Waals surface area (Å²) in [7, 11) is 0. The number of fused-ring (bicyclic) bond motifs is 10. The third kappa shape index (κ3) is 3.06. The fraction of sp³-hybridized carbons (Fsp3) is 0. The lowest BCUT2D eigenvalue weighted by Crippen LogP contribution is -1.96. The first kappa shape index (κ1) is 23.6. The standard InChI is InChI=1S/C40H26N4/c1-3-13-26(14-4-1)38-37-35(33-19-9-11-23-42(33)38)30-25-28(21-22-31(30)41-37)44-32-18-8-7-17-29(32)36-34-20-10-12-24-43(34)39(40(36)44)27-15-5-2-6-16-27/h1-25,41H. The third-order valence-electron chi connectivity index (χ3n) is 9.18. The first-order chi connectivity index (χ1) is 21.9. The van der Waals surface area contributed by atoms with Crippen molar-refractivity contribution in [3.8, 4) is 28.2 Å². The van der Waals surface area contributed by atoms with Crippen LogP contribution in [0.15, 0.2) is 152 Å². The Morgan fingerprint density at radius 3 is 1.80 bits per heavy atom. The van der Waals surface area contributed by atoms with E-state index >= 15 is 0 Å². The molecule has 0 radical (unpaired) electrons. The lowest BCUT2D eigenvalue weighted by atomic mass is 10.1. The van der Waals surface area contributed by atoms with Gasteiger partial charge < -0.3 is 18.4 Å². The zero-order chi connectivity index (χ0) is 28.8. The minimum atomic E-state index is 1.14. The molecule has 4 aromatic carbocycles. The number of nitrogens with one attached hydrogen (secondary N) is 1. The summed E-state index contributed by atoms with van der Waals surface area (Å²) in [5, 5.41) is 5.01. The van der Waals surface area contributed by atoms with Crippen molar-refractivity contribution in [2.24, 2.45) is 0 Å². The minimum Gasteiger partial charge on any atom is -0.353 e. The molecule has 1 N–H and O–H groups in total. The van der Waals surface area contributed by atoms with E-state index in [-0.39, 0.29) is 0 Å². The third-order valence-corrected chi connectivity index (χ3v) is 9.18. The van der Waals surface area contributed by atoms with Crippen molar-refractivity contribution >= 4 is 54.6 Å². The van der Waals surface area contributed by atoms with Gasteiger partial charge in [-0.05, 0) is 48.5 Å². The van der Waals surface area contributed by atoms with Crippen molar-refractivity contribution in [2.45, 2.75) is 0 Å². The quantitative estimate of drug-likeness (QED) is 0.222. The molecule has 44 heavy (non-hydrogen) atoms. The van der Waals surface area contributed by atoms with Crippen LogP contribution in [0.4, 0.5) is 0 Å². The fourth-order valence-corrected chi connectivity index (χ4v) is 7.42. The Labute approximate surface area is 252 Å². The van der Waals surface area contributed by atoms with Gasteiger partial charge in [0.2, 0.25) is 0 Å². The second kappa shape index (κ2) is 8.76. The highest BCUT2D eigenvalue weighted by Crippen LogP contribution is 2.44. The maximum atomic E-state index is 3.81. The van der Waals surface area contributed by atoms with Crippen LogP contribution < -0.4 is 0 Å². The van der Waals surface area contributed by atoms with E-state index in [0.29, 0.717) is 0 Å². The van der Waals surface area contributed by atoms with Gasteiger partial charge in [0.05, 0.1) is 39.0 Å². The smallest absolute Gasteiger partial charge is 0.0809 e. The van der Waals surface area contributed by atoms with Crippen molar-refractivity contribution in [2.75, 3.05) is 0 Å². The maximum Gasteiger partial charge on any atom is 0.0809 e. The summed E-state index contributed by atoms with van der Waals surface area (Å²) in [6.07, 6.45) is 4.36. The highest BCUT2D eigenvalue weighted by atomic mass is 15.0. The SMILES string of the molecule is c1ccc(-c2c3[nH]c4ccc(-n5c6ccccc6c6c5c(-c5ccccc5)n5ccccc65)cc4c3c3ccccn23)cc1. The Morgan fingerprint density at radius 2 is 1.05 bits per heavy atom. The van der Waals surface area contributed by atoms with Crippen LogP contribution in [-0.4, -0.2) is 18.4 Å². The molecule has 0 amide bonds. The number of aromatic amines is 1. The van der Waals surface area contributed by atoms with Gasteiger partial charge in [0.15, 0.2) is 0 Å². The zero-order valence-corrected chi connectivity index (χ0v) is 23.8. The average Bonchev–Trinajstić information content (AvgIpc) is 3.80. The number of para-hydroxylation sites is 1. The van der Waals surface area contributed by atoms with E-state index in [0.717, 1.165) is 16.7 Å². The Hall–Kier alpha value is -6.00. The zero-order valence-electron chi connectivity index (χ0n) is 23.8. The monoisotopic (exact) mass is 562 g/mol. The second-order valence-electron chi connectivity index (χ2n) is 11.5. The van der Waals surface area contributed by atoms with E-state index in [1.807, 2.05) is 0 Å². The molecule has 0 bridgehead atoms. The average molecular weight is 563 g/mol. The van der Waals surface area contributed by atoms with Crippen molar-refractivity contribution in [3.63, 3.8) is 0 Å². The molecule has 0 aliphatic rings. The molecule has 206 valence electrons. The van der Waals surface area contributed by atoms with Crippen LogP contribution >= 0.6 is 0 Å². The van der Waals surface area contributed by atoms with Gasteiger partial charge in [-0.25, -0.2) is 0 Å². The first-order valence-electron chi connectivity index (χ1n) is 15.0. The Bertz CT molecular complexity index is 2700. The number of benzene rings is 4. The molecule has 0 saturated carbocycles. The van der Waals surface area contributed by atoms with E-state index < -0.39 is 0 Å². The number of hydrogen-bond donors (Lipinski definition) is 1. The summed E-state index contributed by atoms with van der Waals surface area (Å²) >= 11 is 0. The topological polar surface area (TPSA) is 29.5 Å². The van der Waals surface area contributed by atoms with Crippen LogP contribution in [0.1, 0.15) is 0 Å². The van der Waals surface area contributed by atoms with Gasteiger partial charge in [-0.1, -0.05) is 91.0 Å². The Morgan fingerprint density at radius 1 is 0.455 bits per heavy atom. The van der Waals surface area contributed by atoms with Crippen molar-refractivity contribution in [3.05, 3.63) is 152 Å². The molecule has 4 nitrogen and oxygen atoms in total. The number of aromatic nitrogens is 4. The van der Waals surface area contributed by atoms with Crippen molar-refractivity contribution in [1.29, 1.82) is 0 Å². The fourth-order valence-electron chi connectivity index (χ4n) is 7.42. The lowest BCUT2D eigenvalue weighted by molar-refractivity contribution is 1.16. The van der Waals surface area contributed by atoms with Gasteiger partial charge in [0.25, 0.3) is 0 Å². The maximum absolute atomic E-state index is 3.81. The molecule has 4 heteroatoms. The number of nitrogens with zero attached hydrogens (tertiary/aromatic N) is 3. The molecule has 6 aromatic heterocycles. The highest BCUT2D eigenvalue weighted by molar-refractivity contribution is 6.22. The highest BCUT2D eigenvalue weighted by Gasteiger charge is 2.24. The van der Waals surface area contributed by atoms with E-state index in [4.69, 9.17) is 0 Å². The molecule has 0 aliphatic heterocycles. The predicted octanol–water partition coefficient (Wildman–Crippen LogP) is 10.3. The summed E-state index contributed by atoms with van der Waals surface area (Å²) < 4.78 is 7.14. The molecule has 0 aliphatic carbocycles. The van der Waals surface area contributed by atoms with E-state index in [9.17, 15) is 0 Å². The van der Waals surface area contributed by atoms with Crippen molar-refractivity contribution in [1.82, 2.24) is 18.4 Å². The number of H-pyrrole nitrogens is 1. The molecule has 0 unspecified atom stereocenters. The summed E-state index contributed by atoms with van der Waals surface area (Å²) in [5.74, 6) is 0. The number of hydrogen-bond acceptors (Lipinski definition) is 0.